The lowest BCUT2D eigenvalue weighted by Crippen LogP contribution is -2.03. The van der Waals surface area contributed by atoms with Crippen molar-refractivity contribution < 1.29 is 9.47 Å². The summed E-state index contributed by atoms with van der Waals surface area (Å²) in [6.07, 6.45) is 1.12. The number of hydrogen-bond donors (Lipinski definition) is 0. The van der Waals surface area contributed by atoms with Crippen LogP contribution in [0.1, 0.15) is 6.42 Å². The summed E-state index contributed by atoms with van der Waals surface area (Å²) in [7, 11) is 0. The lowest BCUT2D eigenvalue weighted by molar-refractivity contribution is -0.0471. The molecule has 0 radical (unpaired) electrons. The van der Waals surface area contributed by atoms with Gasteiger partial charge in [-0.15, -0.1) is 0 Å². The average Bonchev–Trinajstić information content (AvgIpc) is 1.97. The largest absolute Gasteiger partial charge is 0.355 e. The molecule has 0 amide bonds. The normalized spacial score (nSPS) is 10.2. The van der Waals surface area contributed by atoms with Crippen molar-refractivity contribution in [1.82, 2.24) is 0 Å². The van der Waals surface area contributed by atoms with Crippen molar-refractivity contribution in [3.05, 3.63) is 0 Å². The summed E-state index contributed by atoms with van der Waals surface area (Å²) in [6, 6.07) is 0. The third kappa shape index (κ3) is 9.38. The Morgan fingerprint density at radius 2 is 1.60 bits per heavy atom. The van der Waals surface area contributed by atoms with Crippen LogP contribution < -0.4 is 0 Å². The fourth-order valence-electron chi connectivity index (χ4n) is 0.388. The molecule has 0 aliphatic heterocycles. The Bertz CT molecular complexity index is 53.7. The molecule has 0 atom stereocenters. The summed E-state index contributed by atoms with van der Waals surface area (Å²) in [4.78, 5) is 0. The van der Waals surface area contributed by atoms with Crippen LogP contribution in [0.4, 0.5) is 0 Å². The van der Waals surface area contributed by atoms with Crippen LogP contribution in [0.3, 0.4) is 0 Å². The van der Waals surface area contributed by atoms with Gasteiger partial charge in [-0.3, -0.25) is 0 Å². The van der Waals surface area contributed by atoms with Crippen LogP contribution in [-0.2, 0) is 9.47 Å². The zero-order valence-electron chi connectivity index (χ0n) is 5.82. The second-order valence-electron chi connectivity index (χ2n) is 1.67. The third-order valence-electron chi connectivity index (χ3n) is 0.810. The molecule has 4 heteroatoms. The first-order valence-corrected chi connectivity index (χ1v) is 6.24. The highest BCUT2D eigenvalue weighted by atomic mass is 127. The van der Waals surface area contributed by atoms with Crippen molar-refractivity contribution in [2.45, 2.75) is 6.42 Å². The zero-order valence-corrected chi connectivity index (χ0v) is 10.1. The van der Waals surface area contributed by atoms with Gasteiger partial charge in [0.1, 0.15) is 6.79 Å². The lowest BCUT2D eigenvalue weighted by Gasteiger charge is -2.01. The van der Waals surface area contributed by atoms with E-state index in [1.54, 1.807) is 0 Å². The molecule has 0 spiro atoms. The van der Waals surface area contributed by atoms with Crippen LogP contribution in [0.25, 0.3) is 0 Å². The SMILES string of the molecule is ICCCOCOCCI. The van der Waals surface area contributed by atoms with E-state index in [2.05, 4.69) is 45.2 Å². The van der Waals surface area contributed by atoms with E-state index in [0.29, 0.717) is 6.79 Å². The molecule has 0 aromatic heterocycles. The monoisotopic (exact) mass is 370 g/mol. The van der Waals surface area contributed by atoms with E-state index in [9.17, 15) is 0 Å². The molecule has 0 aromatic carbocycles. The first kappa shape index (κ1) is 11.4. The Morgan fingerprint density at radius 1 is 0.900 bits per heavy atom. The van der Waals surface area contributed by atoms with Gasteiger partial charge in [0.2, 0.25) is 0 Å². The summed E-state index contributed by atoms with van der Waals surface area (Å²) >= 11 is 4.61. The fourth-order valence-corrected chi connectivity index (χ4v) is 1.01. The van der Waals surface area contributed by atoms with E-state index < -0.39 is 0 Å². The van der Waals surface area contributed by atoms with Gasteiger partial charge >= 0.3 is 0 Å². The highest BCUT2D eigenvalue weighted by molar-refractivity contribution is 14.1. The topological polar surface area (TPSA) is 18.5 Å². The van der Waals surface area contributed by atoms with Gasteiger partial charge in [0.05, 0.1) is 13.2 Å². The minimum absolute atomic E-state index is 0.458. The minimum atomic E-state index is 0.458. The van der Waals surface area contributed by atoms with E-state index in [4.69, 9.17) is 9.47 Å². The molecule has 0 bridgehead atoms. The molecule has 0 fully saturated rings. The number of alkyl halides is 2. The highest BCUT2D eigenvalue weighted by Gasteiger charge is 1.86. The Morgan fingerprint density at radius 3 is 2.20 bits per heavy atom. The molecule has 0 saturated carbocycles. The second-order valence-corrected chi connectivity index (χ2v) is 3.82. The van der Waals surface area contributed by atoms with Crippen LogP contribution in [0, 0.1) is 0 Å². The maximum absolute atomic E-state index is 5.15. The van der Waals surface area contributed by atoms with Crippen LogP contribution in [0.2, 0.25) is 0 Å². The molecule has 0 rings (SSSR count). The number of hydrogen-bond acceptors (Lipinski definition) is 2. The van der Waals surface area contributed by atoms with Gasteiger partial charge in [-0.1, -0.05) is 45.2 Å². The van der Waals surface area contributed by atoms with Crippen LogP contribution in [0.5, 0.6) is 0 Å². The molecule has 0 aliphatic rings. The average molecular weight is 370 g/mol. The van der Waals surface area contributed by atoms with Gasteiger partial charge in [-0.05, 0) is 6.42 Å². The molecule has 0 N–H and O–H groups in total. The van der Waals surface area contributed by atoms with E-state index in [0.717, 1.165) is 28.5 Å². The van der Waals surface area contributed by atoms with Gasteiger partial charge in [0.25, 0.3) is 0 Å². The van der Waals surface area contributed by atoms with Gasteiger partial charge in [-0.2, -0.15) is 0 Å². The predicted molar refractivity (Wildman–Crippen MR) is 59.2 cm³/mol. The zero-order chi connectivity index (χ0) is 7.66. The maximum Gasteiger partial charge on any atom is 0.146 e. The smallest absolute Gasteiger partial charge is 0.146 e. The van der Waals surface area contributed by atoms with Crippen molar-refractivity contribution in [3.8, 4) is 0 Å². The summed E-state index contributed by atoms with van der Waals surface area (Å²) in [5.74, 6) is 0. The van der Waals surface area contributed by atoms with Crippen molar-refractivity contribution in [2.24, 2.45) is 0 Å². The van der Waals surface area contributed by atoms with E-state index in [-0.39, 0.29) is 0 Å². The van der Waals surface area contributed by atoms with E-state index in [1.807, 2.05) is 0 Å². The molecule has 0 unspecified atom stereocenters. The Labute approximate surface area is 89.3 Å². The van der Waals surface area contributed by atoms with Crippen LogP contribution >= 0.6 is 45.2 Å². The molecule has 0 heterocycles. The Kier molecular flexibility index (Phi) is 11.8. The van der Waals surface area contributed by atoms with Gasteiger partial charge < -0.3 is 9.47 Å². The van der Waals surface area contributed by atoms with Gasteiger partial charge in [-0.25, -0.2) is 0 Å². The molecule has 0 aliphatic carbocycles. The molecule has 0 saturated heterocycles. The summed E-state index contributed by atoms with van der Waals surface area (Å²) in [6.45, 7) is 2.08. The maximum atomic E-state index is 5.15. The van der Waals surface area contributed by atoms with Crippen molar-refractivity contribution in [3.63, 3.8) is 0 Å². The molecule has 10 heavy (non-hydrogen) atoms. The molecular formula is C6H12I2O2. The van der Waals surface area contributed by atoms with E-state index >= 15 is 0 Å². The quantitative estimate of drug-likeness (QED) is 0.296. The lowest BCUT2D eigenvalue weighted by atomic mass is 10.5. The van der Waals surface area contributed by atoms with Crippen LogP contribution in [0.15, 0.2) is 0 Å². The van der Waals surface area contributed by atoms with Crippen molar-refractivity contribution in [2.75, 3.05) is 28.9 Å². The molecule has 2 nitrogen and oxygen atoms in total. The van der Waals surface area contributed by atoms with Crippen molar-refractivity contribution in [1.29, 1.82) is 0 Å². The Balaban J connectivity index is 2.65. The molecular weight excluding hydrogens is 358 g/mol. The number of ether oxygens (including phenoxy) is 2. The Hall–Kier alpha value is 1.38. The summed E-state index contributed by atoms with van der Waals surface area (Å²) in [5, 5.41) is 0. The van der Waals surface area contributed by atoms with Crippen LogP contribution in [-0.4, -0.2) is 28.9 Å². The third-order valence-corrected chi connectivity index (χ3v) is 2.01. The van der Waals surface area contributed by atoms with Crippen molar-refractivity contribution >= 4 is 45.2 Å². The van der Waals surface area contributed by atoms with E-state index in [1.165, 1.54) is 0 Å². The summed E-state index contributed by atoms with van der Waals surface area (Å²) < 4.78 is 12.4. The highest BCUT2D eigenvalue weighted by Crippen LogP contribution is 1.90. The summed E-state index contributed by atoms with van der Waals surface area (Å²) in [5.41, 5.74) is 0. The predicted octanol–water partition coefficient (Wildman–Crippen LogP) is 2.24. The second kappa shape index (κ2) is 10.4. The first-order valence-electron chi connectivity index (χ1n) is 3.19. The minimum Gasteiger partial charge on any atom is -0.355 e. The van der Waals surface area contributed by atoms with Gasteiger partial charge in [0, 0.05) is 8.86 Å². The van der Waals surface area contributed by atoms with Gasteiger partial charge in [0.15, 0.2) is 0 Å². The number of rotatable bonds is 7. The molecule has 62 valence electrons. The first-order chi connectivity index (χ1) is 4.91. The number of halogens is 2. The molecule has 0 aromatic rings. The standard InChI is InChI=1S/C6H12I2O2/c7-2-1-4-9-6-10-5-3-8/h1-6H2. The fraction of sp³-hybridized carbons (Fsp3) is 1.00.